The number of amides is 1. The van der Waals surface area contributed by atoms with E-state index in [4.69, 9.17) is 11.1 Å². The number of carbonyl (C=O) groups excluding carboxylic acids is 1. The molecule has 0 unspecified atom stereocenters. The molecule has 8 heteroatoms. The summed E-state index contributed by atoms with van der Waals surface area (Å²) in [7, 11) is 2.07. The predicted octanol–water partition coefficient (Wildman–Crippen LogP) is 3.60. The van der Waals surface area contributed by atoms with E-state index in [0.29, 0.717) is 41.1 Å². The Hall–Kier alpha value is -3.10. The maximum atomic E-state index is 13.4. The Balaban J connectivity index is 1.71. The smallest absolute Gasteiger partial charge is 0.274 e. The zero-order valence-corrected chi connectivity index (χ0v) is 19.7. The zero-order chi connectivity index (χ0) is 23.0. The van der Waals surface area contributed by atoms with Crippen molar-refractivity contribution in [3.05, 3.63) is 64.1 Å². The fourth-order valence-electron chi connectivity index (χ4n) is 3.87. The molecule has 0 bridgehead atoms. The van der Waals surface area contributed by atoms with Crippen LogP contribution in [0.1, 0.15) is 39.1 Å². The van der Waals surface area contributed by atoms with Gasteiger partial charge in [0.25, 0.3) is 5.91 Å². The number of nitrogen functional groups attached to an aromatic ring is 1. The molecule has 0 aliphatic carbocycles. The van der Waals surface area contributed by atoms with Crippen LogP contribution in [0.25, 0.3) is 10.4 Å². The molecule has 3 aromatic rings. The Kier molecular flexibility index (Phi) is 6.08. The fourth-order valence-corrected chi connectivity index (χ4v) is 4.88. The molecule has 1 amide bonds. The van der Waals surface area contributed by atoms with Crippen LogP contribution < -0.4 is 5.73 Å². The number of pyridine rings is 1. The third-order valence-electron chi connectivity index (χ3n) is 6.04. The number of likely N-dealkylation sites (tertiary alicyclic amines) is 1. The summed E-state index contributed by atoms with van der Waals surface area (Å²) in [4.78, 5) is 27.0. The summed E-state index contributed by atoms with van der Waals surface area (Å²) in [5.74, 6) is -0.103. The molecule has 0 atom stereocenters. The SMILES string of the molecule is CCN(C)C1CN(C(=O)c2nc(C(=N)c3cc(C)cc(C)c3N)sc2-c2cccnc2)C1. The molecular formula is C24H28N6OS. The lowest BCUT2D eigenvalue weighted by Crippen LogP contribution is -2.60. The molecule has 1 aromatic carbocycles. The van der Waals surface area contributed by atoms with Gasteiger partial charge >= 0.3 is 0 Å². The summed E-state index contributed by atoms with van der Waals surface area (Å²) in [5, 5.41) is 9.30. The van der Waals surface area contributed by atoms with Gasteiger partial charge in [0.1, 0.15) is 10.7 Å². The van der Waals surface area contributed by atoms with Crippen LogP contribution >= 0.6 is 11.3 Å². The monoisotopic (exact) mass is 448 g/mol. The van der Waals surface area contributed by atoms with Crippen molar-refractivity contribution >= 4 is 28.6 Å². The van der Waals surface area contributed by atoms with E-state index >= 15 is 0 Å². The van der Waals surface area contributed by atoms with Gasteiger partial charge in [-0.15, -0.1) is 11.3 Å². The Morgan fingerprint density at radius 1 is 1.34 bits per heavy atom. The molecule has 0 radical (unpaired) electrons. The zero-order valence-electron chi connectivity index (χ0n) is 18.8. The third-order valence-corrected chi connectivity index (χ3v) is 7.16. The molecule has 1 saturated heterocycles. The molecule has 0 saturated carbocycles. The van der Waals surface area contributed by atoms with Crippen LogP contribution in [0.5, 0.6) is 0 Å². The van der Waals surface area contributed by atoms with Crippen LogP contribution in [-0.4, -0.2) is 64.1 Å². The van der Waals surface area contributed by atoms with E-state index in [0.717, 1.165) is 28.1 Å². The Bertz CT molecular complexity index is 1170. The second-order valence-electron chi connectivity index (χ2n) is 8.29. The quantitative estimate of drug-likeness (QED) is 0.443. The first kappa shape index (κ1) is 22.1. The van der Waals surface area contributed by atoms with Crippen LogP contribution in [0.4, 0.5) is 5.69 Å². The molecule has 2 aromatic heterocycles. The summed E-state index contributed by atoms with van der Waals surface area (Å²) in [6.07, 6.45) is 3.43. The number of aryl methyl sites for hydroxylation is 2. The van der Waals surface area contributed by atoms with Crippen molar-refractivity contribution in [1.29, 1.82) is 5.41 Å². The van der Waals surface area contributed by atoms with Crippen LogP contribution in [0, 0.1) is 19.3 Å². The van der Waals surface area contributed by atoms with Gasteiger partial charge in [-0.3, -0.25) is 15.2 Å². The highest BCUT2D eigenvalue weighted by molar-refractivity contribution is 7.17. The number of benzene rings is 1. The molecule has 1 fully saturated rings. The molecule has 0 spiro atoms. The number of carbonyl (C=O) groups is 1. The number of thiazole rings is 1. The molecule has 4 rings (SSSR count). The van der Waals surface area contributed by atoms with Gasteiger partial charge in [-0.2, -0.15) is 0 Å². The first-order chi connectivity index (χ1) is 15.3. The minimum absolute atomic E-state index is 0.103. The summed E-state index contributed by atoms with van der Waals surface area (Å²) in [6, 6.07) is 8.03. The van der Waals surface area contributed by atoms with Crippen LogP contribution in [0.2, 0.25) is 0 Å². The second-order valence-corrected chi connectivity index (χ2v) is 9.29. The van der Waals surface area contributed by atoms with Crippen molar-refractivity contribution in [2.75, 3.05) is 32.4 Å². The molecule has 7 nitrogen and oxygen atoms in total. The number of nitrogens with two attached hydrogens (primary N) is 1. The van der Waals surface area contributed by atoms with E-state index in [1.165, 1.54) is 11.3 Å². The molecule has 1 aliphatic rings. The molecule has 3 N–H and O–H groups in total. The predicted molar refractivity (Wildman–Crippen MR) is 130 cm³/mol. The highest BCUT2D eigenvalue weighted by Crippen LogP contribution is 2.34. The fraction of sp³-hybridized carbons (Fsp3) is 0.333. The second kappa shape index (κ2) is 8.80. The average Bonchev–Trinajstić information content (AvgIpc) is 3.20. The number of nitrogens with zero attached hydrogens (tertiary/aromatic N) is 4. The summed E-state index contributed by atoms with van der Waals surface area (Å²) < 4.78 is 0. The highest BCUT2D eigenvalue weighted by Gasteiger charge is 2.36. The van der Waals surface area contributed by atoms with Gasteiger partial charge in [0.05, 0.1) is 10.6 Å². The number of hydrogen-bond donors (Lipinski definition) is 2. The molecular weight excluding hydrogens is 420 g/mol. The summed E-state index contributed by atoms with van der Waals surface area (Å²) >= 11 is 1.34. The normalized spacial score (nSPS) is 14.0. The number of aromatic nitrogens is 2. The average molecular weight is 449 g/mol. The largest absolute Gasteiger partial charge is 0.398 e. The maximum absolute atomic E-state index is 13.4. The van der Waals surface area contributed by atoms with E-state index in [1.54, 1.807) is 12.4 Å². The molecule has 1 aliphatic heterocycles. The Morgan fingerprint density at radius 3 is 2.75 bits per heavy atom. The minimum Gasteiger partial charge on any atom is -0.398 e. The van der Waals surface area contributed by atoms with E-state index in [2.05, 4.69) is 28.8 Å². The number of nitrogens with one attached hydrogen (secondary N) is 1. The summed E-state index contributed by atoms with van der Waals surface area (Å²) in [5.41, 5.74) is 10.9. The van der Waals surface area contributed by atoms with E-state index in [-0.39, 0.29) is 11.6 Å². The lowest BCUT2D eigenvalue weighted by Gasteiger charge is -2.43. The highest BCUT2D eigenvalue weighted by atomic mass is 32.1. The van der Waals surface area contributed by atoms with Crippen LogP contribution in [-0.2, 0) is 0 Å². The first-order valence-electron chi connectivity index (χ1n) is 10.7. The van der Waals surface area contributed by atoms with Crippen LogP contribution in [0.15, 0.2) is 36.7 Å². The topological polar surface area (TPSA) is 99.2 Å². The lowest BCUT2D eigenvalue weighted by atomic mass is 10.0. The first-order valence-corrected chi connectivity index (χ1v) is 11.5. The molecule has 3 heterocycles. The molecule has 166 valence electrons. The van der Waals surface area contributed by atoms with Crippen molar-refractivity contribution in [2.24, 2.45) is 0 Å². The third kappa shape index (κ3) is 4.03. The van der Waals surface area contributed by atoms with Crippen LogP contribution in [0.3, 0.4) is 0 Å². The Labute approximate surface area is 192 Å². The molecule has 32 heavy (non-hydrogen) atoms. The maximum Gasteiger partial charge on any atom is 0.274 e. The Morgan fingerprint density at radius 2 is 2.09 bits per heavy atom. The van der Waals surface area contributed by atoms with Crippen molar-refractivity contribution in [3.63, 3.8) is 0 Å². The number of anilines is 1. The van der Waals surface area contributed by atoms with E-state index < -0.39 is 0 Å². The van der Waals surface area contributed by atoms with E-state index in [9.17, 15) is 4.79 Å². The minimum atomic E-state index is -0.103. The van der Waals surface area contributed by atoms with Crippen molar-refractivity contribution in [1.82, 2.24) is 19.8 Å². The number of rotatable bonds is 6. The van der Waals surface area contributed by atoms with E-state index in [1.807, 2.05) is 43.0 Å². The van der Waals surface area contributed by atoms with Gasteiger partial charge in [0, 0.05) is 48.3 Å². The number of likely N-dealkylation sites (N-methyl/N-ethyl adjacent to an activating group) is 1. The van der Waals surface area contributed by atoms with Crippen molar-refractivity contribution in [2.45, 2.75) is 26.8 Å². The van der Waals surface area contributed by atoms with Gasteiger partial charge in [-0.05, 0) is 45.1 Å². The standard InChI is InChI=1S/C24H28N6OS/c1-5-29(4)17-12-30(13-17)24(31)21-22(16-7-6-8-27-11-16)32-23(28-21)20(26)18-10-14(2)9-15(3)19(18)25/h6-11,17,26H,5,12-13,25H2,1-4H3. The van der Waals surface area contributed by atoms with Gasteiger partial charge in [0.15, 0.2) is 0 Å². The lowest BCUT2D eigenvalue weighted by molar-refractivity contribution is 0.0349. The number of hydrogen-bond acceptors (Lipinski definition) is 7. The summed E-state index contributed by atoms with van der Waals surface area (Å²) in [6.45, 7) is 8.35. The van der Waals surface area contributed by atoms with Gasteiger partial charge in [0.2, 0.25) is 0 Å². The van der Waals surface area contributed by atoms with Gasteiger partial charge < -0.3 is 15.5 Å². The van der Waals surface area contributed by atoms with Gasteiger partial charge in [-0.25, -0.2) is 4.98 Å². The van der Waals surface area contributed by atoms with Gasteiger partial charge in [-0.1, -0.05) is 24.6 Å². The van der Waals surface area contributed by atoms with Crippen molar-refractivity contribution < 1.29 is 4.79 Å². The van der Waals surface area contributed by atoms with Crippen molar-refractivity contribution in [3.8, 4) is 10.4 Å².